The first-order chi connectivity index (χ1) is 17.9. The van der Waals surface area contributed by atoms with Crippen LogP contribution in [0.4, 0.5) is 5.82 Å². The summed E-state index contributed by atoms with van der Waals surface area (Å²) in [4.78, 5) is 46.5. The van der Waals surface area contributed by atoms with Gasteiger partial charge in [0.05, 0.1) is 13.0 Å². The lowest BCUT2D eigenvalue weighted by atomic mass is 9.89. The number of amides is 1. The number of hydrogen-bond acceptors (Lipinski definition) is 6. The van der Waals surface area contributed by atoms with Crippen LogP contribution >= 0.6 is 0 Å². The Bertz CT molecular complexity index is 1490. The Morgan fingerprint density at radius 3 is 2.62 bits per heavy atom. The summed E-state index contributed by atoms with van der Waals surface area (Å²) in [5.41, 5.74) is 9.14. The van der Waals surface area contributed by atoms with Crippen LogP contribution in [0.25, 0.3) is 21.9 Å². The van der Waals surface area contributed by atoms with Gasteiger partial charge < -0.3 is 20.4 Å². The van der Waals surface area contributed by atoms with E-state index in [2.05, 4.69) is 9.97 Å². The van der Waals surface area contributed by atoms with Gasteiger partial charge >= 0.3 is 5.97 Å². The number of fused-ring (bicyclic) bond motifs is 1. The fourth-order valence-corrected chi connectivity index (χ4v) is 5.17. The van der Waals surface area contributed by atoms with E-state index in [1.807, 2.05) is 36.4 Å². The van der Waals surface area contributed by atoms with Crippen LogP contribution in [-0.4, -0.2) is 46.4 Å². The highest BCUT2D eigenvalue weighted by Gasteiger charge is 2.39. The van der Waals surface area contributed by atoms with Crippen molar-refractivity contribution in [2.75, 3.05) is 19.4 Å². The molecule has 1 saturated heterocycles. The van der Waals surface area contributed by atoms with Gasteiger partial charge in [0, 0.05) is 42.0 Å². The monoisotopic (exact) mass is 496 g/mol. The highest BCUT2D eigenvalue weighted by molar-refractivity contribution is 5.95. The zero-order valence-electron chi connectivity index (χ0n) is 20.5. The summed E-state index contributed by atoms with van der Waals surface area (Å²) in [7, 11) is 1.38. The minimum atomic E-state index is -0.507. The standard InChI is InChI=1S/C29H28N4O4/c1-37-29(36)24(16-18-4-5-20-12-13-31-27(30)23(20)15-18)25-3-2-14-33(25)28(35)21-8-6-19(7-9-21)22-10-11-26(34)32-17-22/h4-13,15,17,24-25H,2-3,14,16H2,1H3,(H2,30,31)(H,32,34). The molecule has 37 heavy (non-hydrogen) atoms. The molecule has 3 heterocycles. The predicted octanol–water partition coefficient (Wildman–Crippen LogP) is 3.81. The molecule has 3 N–H and O–H groups in total. The first kappa shape index (κ1) is 24.2. The van der Waals surface area contributed by atoms with Gasteiger partial charge in [-0.2, -0.15) is 0 Å². The van der Waals surface area contributed by atoms with E-state index in [-0.39, 0.29) is 23.5 Å². The van der Waals surface area contributed by atoms with Gasteiger partial charge in [0.1, 0.15) is 5.82 Å². The Hall–Kier alpha value is -4.46. The number of likely N-dealkylation sites (tertiary alicyclic amines) is 1. The first-order valence-corrected chi connectivity index (χ1v) is 12.3. The third-order valence-electron chi connectivity index (χ3n) is 7.09. The van der Waals surface area contributed by atoms with Gasteiger partial charge in [0.15, 0.2) is 0 Å². The Morgan fingerprint density at radius 2 is 1.89 bits per heavy atom. The number of carbonyl (C=O) groups excluding carboxylic acids is 2. The van der Waals surface area contributed by atoms with Gasteiger partial charge in [-0.3, -0.25) is 14.4 Å². The average molecular weight is 497 g/mol. The van der Waals surface area contributed by atoms with Crippen LogP contribution in [0.15, 0.2) is 77.9 Å². The van der Waals surface area contributed by atoms with E-state index in [4.69, 9.17) is 10.5 Å². The number of hydrogen-bond donors (Lipinski definition) is 2. The van der Waals surface area contributed by atoms with Crippen LogP contribution in [0.5, 0.6) is 0 Å². The molecule has 2 aromatic carbocycles. The molecule has 2 aromatic heterocycles. The maximum absolute atomic E-state index is 13.5. The number of esters is 1. The zero-order valence-corrected chi connectivity index (χ0v) is 20.5. The molecule has 2 unspecified atom stereocenters. The number of aromatic amines is 1. The molecule has 188 valence electrons. The second kappa shape index (κ2) is 10.3. The molecule has 2 atom stereocenters. The van der Waals surface area contributed by atoms with Gasteiger partial charge in [-0.1, -0.05) is 24.3 Å². The molecule has 8 heteroatoms. The molecule has 1 fully saturated rings. The van der Waals surface area contributed by atoms with Crippen LogP contribution in [0.3, 0.4) is 0 Å². The number of pyridine rings is 2. The van der Waals surface area contributed by atoms with E-state index < -0.39 is 5.92 Å². The largest absolute Gasteiger partial charge is 0.469 e. The molecule has 0 saturated carbocycles. The second-order valence-corrected chi connectivity index (χ2v) is 9.31. The van der Waals surface area contributed by atoms with E-state index in [9.17, 15) is 14.4 Å². The van der Waals surface area contributed by atoms with Gasteiger partial charge in [-0.05, 0) is 71.7 Å². The normalized spacial score (nSPS) is 16.0. The number of anilines is 1. The topological polar surface area (TPSA) is 118 Å². The number of nitrogen functional groups attached to an aromatic ring is 1. The minimum absolute atomic E-state index is 0.114. The Morgan fingerprint density at radius 1 is 1.11 bits per heavy atom. The van der Waals surface area contributed by atoms with Crippen molar-refractivity contribution in [1.82, 2.24) is 14.9 Å². The van der Waals surface area contributed by atoms with E-state index in [1.165, 1.54) is 13.2 Å². The lowest BCUT2D eigenvalue weighted by molar-refractivity contribution is -0.147. The quantitative estimate of drug-likeness (QED) is 0.392. The minimum Gasteiger partial charge on any atom is -0.469 e. The predicted molar refractivity (Wildman–Crippen MR) is 142 cm³/mol. The number of nitrogens with one attached hydrogen (secondary N) is 1. The molecule has 4 aromatic rings. The lowest BCUT2D eigenvalue weighted by Gasteiger charge is -2.30. The van der Waals surface area contributed by atoms with E-state index in [0.717, 1.165) is 40.3 Å². The molecule has 0 aliphatic carbocycles. The number of nitrogens with two attached hydrogens (primary N) is 1. The maximum Gasteiger partial charge on any atom is 0.311 e. The number of ether oxygens (including phenoxy) is 1. The van der Waals surface area contributed by atoms with Crippen molar-refractivity contribution in [3.63, 3.8) is 0 Å². The lowest BCUT2D eigenvalue weighted by Crippen LogP contribution is -2.44. The van der Waals surface area contributed by atoms with Crippen molar-refractivity contribution in [2.45, 2.75) is 25.3 Å². The molecule has 0 radical (unpaired) electrons. The number of carbonyl (C=O) groups is 2. The van der Waals surface area contributed by atoms with Crippen molar-refractivity contribution in [3.05, 3.63) is 94.5 Å². The molecule has 1 amide bonds. The summed E-state index contributed by atoms with van der Waals surface area (Å²) in [6.07, 6.45) is 5.28. The molecule has 1 aliphatic heterocycles. The van der Waals surface area contributed by atoms with Crippen molar-refractivity contribution in [1.29, 1.82) is 0 Å². The zero-order chi connectivity index (χ0) is 25.9. The molecule has 0 bridgehead atoms. The number of aromatic nitrogens is 2. The van der Waals surface area contributed by atoms with Crippen molar-refractivity contribution < 1.29 is 14.3 Å². The fourth-order valence-electron chi connectivity index (χ4n) is 5.17. The van der Waals surface area contributed by atoms with Crippen LogP contribution in [0, 0.1) is 5.92 Å². The summed E-state index contributed by atoms with van der Waals surface area (Å²) in [6, 6.07) is 18.0. The van der Waals surface area contributed by atoms with Crippen molar-refractivity contribution in [2.24, 2.45) is 5.92 Å². The van der Waals surface area contributed by atoms with Gasteiger partial charge in [-0.25, -0.2) is 4.98 Å². The summed E-state index contributed by atoms with van der Waals surface area (Å²) < 4.78 is 5.18. The first-order valence-electron chi connectivity index (χ1n) is 12.3. The number of benzene rings is 2. The molecular weight excluding hydrogens is 468 g/mol. The average Bonchev–Trinajstić information content (AvgIpc) is 3.41. The molecule has 0 spiro atoms. The van der Waals surface area contributed by atoms with E-state index in [0.29, 0.717) is 24.3 Å². The SMILES string of the molecule is COC(=O)C(Cc1ccc2ccnc(N)c2c1)C1CCCN1C(=O)c1ccc(-c2ccc(=O)[nH]c2)cc1. The Kier molecular flexibility index (Phi) is 6.72. The number of methoxy groups -OCH3 is 1. The summed E-state index contributed by atoms with van der Waals surface area (Å²) in [5.74, 6) is -0.516. The van der Waals surface area contributed by atoms with E-state index in [1.54, 1.807) is 35.5 Å². The summed E-state index contributed by atoms with van der Waals surface area (Å²) in [6.45, 7) is 0.577. The maximum atomic E-state index is 13.5. The third-order valence-corrected chi connectivity index (χ3v) is 7.09. The van der Waals surface area contributed by atoms with Gasteiger partial charge in [0.25, 0.3) is 5.91 Å². The van der Waals surface area contributed by atoms with Gasteiger partial charge in [-0.15, -0.1) is 0 Å². The van der Waals surface area contributed by atoms with Crippen molar-refractivity contribution >= 4 is 28.5 Å². The van der Waals surface area contributed by atoms with Crippen LogP contribution in [0.2, 0.25) is 0 Å². The summed E-state index contributed by atoms with van der Waals surface area (Å²) >= 11 is 0. The highest BCUT2D eigenvalue weighted by Crippen LogP contribution is 2.31. The molecule has 5 rings (SSSR count). The molecule has 8 nitrogen and oxygen atoms in total. The smallest absolute Gasteiger partial charge is 0.311 e. The Balaban J connectivity index is 1.39. The van der Waals surface area contributed by atoms with Crippen molar-refractivity contribution in [3.8, 4) is 11.1 Å². The van der Waals surface area contributed by atoms with Crippen LogP contribution in [-0.2, 0) is 16.0 Å². The van der Waals surface area contributed by atoms with Crippen LogP contribution in [0.1, 0.15) is 28.8 Å². The number of rotatable bonds is 6. The van der Waals surface area contributed by atoms with Crippen LogP contribution < -0.4 is 11.3 Å². The Labute approximate surface area is 214 Å². The third kappa shape index (κ3) is 4.95. The van der Waals surface area contributed by atoms with E-state index >= 15 is 0 Å². The number of H-pyrrole nitrogens is 1. The molecular formula is C29H28N4O4. The number of nitrogens with zero attached hydrogens (tertiary/aromatic N) is 2. The molecule has 1 aliphatic rings. The van der Waals surface area contributed by atoms with Gasteiger partial charge in [0.2, 0.25) is 5.56 Å². The highest BCUT2D eigenvalue weighted by atomic mass is 16.5. The second-order valence-electron chi connectivity index (χ2n) is 9.31. The fraction of sp³-hybridized carbons (Fsp3) is 0.241. The summed E-state index contributed by atoms with van der Waals surface area (Å²) in [5, 5.41) is 1.82.